The standard InChI is InChI=1S/C12H12BrFN2O/c1-6(2)9-11(16-17-12(9)15)10-7(13)4-3-5-8(10)14/h3-6H,15H2,1-2H3. The minimum absolute atomic E-state index is 0.114. The van der Waals surface area contributed by atoms with E-state index in [-0.39, 0.29) is 17.6 Å². The van der Waals surface area contributed by atoms with Crippen LogP contribution in [0.15, 0.2) is 27.2 Å². The number of nitrogen functional groups attached to an aromatic ring is 1. The molecular weight excluding hydrogens is 287 g/mol. The van der Waals surface area contributed by atoms with E-state index in [9.17, 15) is 4.39 Å². The Bertz CT molecular complexity index is 531. The van der Waals surface area contributed by atoms with Gasteiger partial charge in [0.25, 0.3) is 0 Å². The minimum Gasteiger partial charge on any atom is -0.367 e. The van der Waals surface area contributed by atoms with Crippen LogP contribution in [-0.4, -0.2) is 5.16 Å². The largest absolute Gasteiger partial charge is 0.367 e. The summed E-state index contributed by atoms with van der Waals surface area (Å²) in [5.41, 5.74) is 7.29. The third-order valence-corrected chi connectivity index (χ3v) is 3.19. The van der Waals surface area contributed by atoms with E-state index in [1.54, 1.807) is 12.1 Å². The molecule has 0 bridgehead atoms. The van der Waals surface area contributed by atoms with E-state index in [2.05, 4.69) is 21.1 Å². The van der Waals surface area contributed by atoms with Crippen LogP contribution in [0, 0.1) is 5.82 Å². The van der Waals surface area contributed by atoms with Crippen molar-refractivity contribution in [2.45, 2.75) is 19.8 Å². The van der Waals surface area contributed by atoms with E-state index in [1.807, 2.05) is 13.8 Å². The monoisotopic (exact) mass is 298 g/mol. The molecule has 0 aliphatic heterocycles. The molecule has 90 valence electrons. The Hall–Kier alpha value is -1.36. The van der Waals surface area contributed by atoms with Gasteiger partial charge < -0.3 is 10.3 Å². The van der Waals surface area contributed by atoms with Crippen LogP contribution in [0.1, 0.15) is 25.3 Å². The van der Waals surface area contributed by atoms with Crippen LogP contribution in [0.2, 0.25) is 0 Å². The van der Waals surface area contributed by atoms with Gasteiger partial charge in [-0.15, -0.1) is 0 Å². The molecule has 0 unspecified atom stereocenters. The topological polar surface area (TPSA) is 52.0 Å². The Morgan fingerprint density at radius 1 is 1.41 bits per heavy atom. The molecule has 1 aromatic heterocycles. The van der Waals surface area contributed by atoms with Gasteiger partial charge >= 0.3 is 0 Å². The third kappa shape index (κ3) is 2.07. The van der Waals surface area contributed by atoms with Crippen LogP contribution in [0.25, 0.3) is 11.3 Å². The highest BCUT2D eigenvalue weighted by Crippen LogP contribution is 2.37. The van der Waals surface area contributed by atoms with E-state index < -0.39 is 0 Å². The number of nitrogens with two attached hydrogens (primary N) is 1. The second-order valence-electron chi connectivity index (χ2n) is 4.06. The van der Waals surface area contributed by atoms with Gasteiger partial charge in [-0.1, -0.05) is 25.1 Å². The molecule has 2 N–H and O–H groups in total. The fraction of sp³-hybridized carbons (Fsp3) is 0.250. The Kier molecular flexibility index (Phi) is 3.19. The van der Waals surface area contributed by atoms with Crippen LogP contribution < -0.4 is 5.73 Å². The highest BCUT2D eigenvalue weighted by molar-refractivity contribution is 9.10. The van der Waals surface area contributed by atoms with Gasteiger partial charge in [-0.3, -0.25) is 0 Å². The molecule has 2 rings (SSSR count). The summed E-state index contributed by atoms with van der Waals surface area (Å²) in [6.07, 6.45) is 0. The fourth-order valence-corrected chi connectivity index (χ4v) is 2.30. The van der Waals surface area contributed by atoms with Gasteiger partial charge in [-0.2, -0.15) is 0 Å². The molecule has 1 aromatic carbocycles. The summed E-state index contributed by atoms with van der Waals surface area (Å²) in [4.78, 5) is 0. The van der Waals surface area contributed by atoms with Gasteiger partial charge in [-0.25, -0.2) is 4.39 Å². The van der Waals surface area contributed by atoms with Crippen LogP contribution in [0.4, 0.5) is 10.3 Å². The number of hydrogen-bond acceptors (Lipinski definition) is 3. The second kappa shape index (κ2) is 4.49. The summed E-state index contributed by atoms with van der Waals surface area (Å²) in [6.45, 7) is 3.92. The molecule has 5 heteroatoms. The van der Waals surface area contributed by atoms with Crippen molar-refractivity contribution in [3.63, 3.8) is 0 Å². The lowest BCUT2D eigenvalue weighted by molar-refractivity contribution is 0.437. The molecule has 0 aliphatic rings. The number of halogens is 2. The Labute approximate surface area is 107 Å². The van der Waals surface area contributed by atoms with Crippen LogP contribution in [-0.2, 0) is 0 Å². The average molecular weight is 299 g/mol. The van der Waals surface area contributed by atoms with E-state index >= 15 is 0 Å². The first-order chi connectivity index (χ1) is 8.02. The molecule has 0 saturated carbocycles. The van der Waals surface area contributed by atoms with Crippen LogP contribution >= 0.6 is 15.9 Å². The van der Waals surface area contributed by atoms with Gasteiger partial charge in [0.15, 0.2) is 0 Å². The summed E-state index contributed by atoms with van der Waals surface area (Å²) in [7, 11) is 0. The predicted molar refractivity (Wildman–Crippen MR) is 68.1 cm³/mol. The summed E-state index contributed by atoms with van der Waals surface area (Å²) < 4.78 is 19.4. The van der Waals surface area contributed by atoms with E-state index in [0.29, 0.717) is 15.7 Å². The smallest absolute Gasteiger partial charge is 0.226 e. The average Bonchev–Trinajstić information content (AvgIpc) is 2.60. The van der Waals surface area contributed by atoms with Crippen molar-refractivity contribution in [3.05, 3.63) is 34.1 Å². The number of rotatable bonds is 2. The maximum atomic E-state index is 13.8. The predicted octanol–water partition coefficient (Wildman–Crippen LogP) is 3.95. The van der Waals surface area contributed by atoms with Crippen molar-refractivity contribution in [1.82, 2.24) is 5.16 Å². The van der Waals surface area contributed by atoms with Gasteiger partial charge in [-0.05, 0) is 34.0 Å². The van der Waals surface area contributed by atoms with Gasteiger partial charge in [0.05, 0.1) is 5.56 Å². The highest BCUT2D eigenvalue weighted by atomic mass is 79.9. The van der Waals surface area contributed by atoms with Crippen molar-refractivity contribution in [2.75, 3.05) is 5.73 Å². The molecule has 0 aliphatic carbocycles. The molecule has 0 radical (unpaired) electrons. The molecule has 1 heterocycles. The Balaban J connectivity index is 2.69. The molecule has 0 atom stereocenters. The zero-order valence-corrected chi connectivity index (χ0v) is 11.1. The summed E-state index contributed by atoms with van der Waals surface area (Å²) in [6, 6.07) is 4.77. The Morgan fingerprint density at radius 3 is 2.71 bits per heavy atom. The number of nitrogens with zero attached hydrogens (tertiary/aromatic N) is 1. The van der Waals surface area contributed by atoms with Crippen molar-refractivity contribution in [3.8, 4) is 11.3 Å². The van der Waals surface area contributed by atoms with Crippen molar-refractivity contribution < 1.29 is 8.91 Å². The maximum Gasteiger partial charge on any atom is 0.226 e. The van der Waals surface area contributed by atoms with Gasteiger partial charge in [0.1, 0.15) is 11.5 Å². The van der Waals surface area contributed by atoms with E-state index in [4.69, 9.17) is 10.3 Å². The number of anilines is 1. The third-order valence-electron chi connectivity index (χ3n) is 2.53. The lowest BCUT2D eigenvalue weighted by atomic mass is 9.98. The van der Waals surface area contributed by atoms with Crippen molar-refractivity contribution in [1.29, 1.82) is 0 Å². The molecule has 0 amide bonds. The first-order valence-corrected chi connectivity index (χ1v) is 6.01. The first-order valence-electron chi connectivity index (χ1n) is 5.21. The maximum absolute atomic E-state index is 13.8. The number of benzene rings is 1. The SMILES string of the molecule is CC(C)c1c(-c2c(F)cccc2Br)noc1N. The van der Waals surface area contributed by atoms with E-state index in [1.165, 1.54) is 6.07 Å². The minimum atomic E-state index is -0.352. The molecule has 3 nitrogen and oxygen atoms in total. The Morgan fingerprint density at radius 2 is 2.12 bits per heavy atom. The molecule has 0 spiro atoms. The quantitative estimate of drug-likeness (QED) is 0.913. The van der Waals surface area contributed by atoms with Crippen LogP contribution in [0.5, 0.6) is 0 Å². The van der Waals surface area contributed by atoms with Crippen molar-refractivity contribution in [2.24, 2.45) is 0 Å². The normalized spacial score (nSPS) is 11.1. The zero-order valence-electron chi connectivity index (χ0n) is 9.50. The second-order valence-corrected chi connectivity index (χ2v) is 4.91. The van der Waals surface area contributed by atoms with Crippen LogP contribution in [0.3, 0.4) is 0 Å². The van der Waals surface area contributed by atoms with Gasteiger partial charge in [0.2, 0.25) is 5.88 Å². The summed E-state index contributed by atoms with van der Waals surface area (Å²) >= 11 is 3.31. The molecule has 2 aromatic rings. The van der Waals surface area contributed by atoms with Crippen molar-refractivity contribution >= 4 is 21.8 Å². The molecular formula is C12H12BrFN2O. The van der Waals surface area contributed by atoms with Gasteiger partial charge in [0, 0.05) is 10.0 Å². The molecule has 0 saturated heterocycles. The number of hydrogen-bond donors (Lipinski definition) is 1. The highest BCUT2D eigenvalue weighted by Gasteiger charge is 2.22. The molecule has 17 heavy (non-hydrogen) atoms. The summed E-state index contributed by atoms with van der Waals surface area (Å²) in [5.74, 6) is 0.00230. The summed E-state index contributed by atoms with van der Waals surface area (Å²) in [5, 5.41) is 3.86. The lowest BCUT2D eigenvalue weighted by Gasteiger charge is -2.07. The number of aromatic nitrogens is 1. The van der Waals surface area contributed by atoms with E-state index in [0.717, 1.165) is 5.56 Å². The first kappa shape index (κ1) is 12.1. The molecule has 0 fully saturated rings. The lowest BCUT2D eigenvalue weighted by Crippen LogP contribution is -1.96. The fourth-order valence-electron chi connectivity index (χ4n) is 1.77. The zero-order chi connectivity index (χ0) is 12.6.